The smallest absolute Gasteiger partial charge is 0.101 e. The highest BCUT2D eigenvalue weighted by Gasteiger charge is 2.08. The fourth-order valence-corrected chi connectivity index (χ4v) is 2.50. The van der Waals surface area contributed by atoms with Gasteiger partial charge in [0, 0.05) is 17.6 Å². The van der Waals surface area contributed by atoms with Gasteiger partial charge in [-0.1, -0.05) is 0 Å². The third-order valence-electron chi connectivity index (χ3n) is 2.82. The summed E-state index contributed by atoms with van der Waals surface area (Å²) in [6.07, 6.45) is 0. The normalized spacial score (nSPS) is 10.1. The van der Waals surface area contributed by atoms with Crippen molar-refractivity contribution in [2.75, 3.05) is 17.7 Å². The van der Waals surface area contributed by atoms with Gasteiger partial charge in [-0.2, -0.15) is 5.26 Å². The zero-order chi connectivity index (χ0) is 13.1. The largest absolute Gasteiger partial charge is 0.398 e. The zero-order valence-corrected chi connectivity index (χ0v) is 11.2. The van der Waals surface area contributed by atoms with Gasteiger partial charge in [0.2, 0.25) is 0 Å². The second-order valence-electron chi connectivity index (χ2n) is 4.10. The van der Waals surface area contributed by atoms with Crippen LogP contribution in [0, 0.1) is 18.3 Å². The SMILES string of the molecule is Cc1ncsc1CN(C)c1ccc(C#N)c(N)c1. The first-order valence-corrected chi connectivity index (χ1v) is 6.39. The standard InChI is InChI=1S/C13H14N4S/c1-9-13(18-8-16-9)7-17(2)11-4-3-10(6-14)12(15)5-11/h3-5,8H,7,15H2,1-2H3. The van der Waals surface area contributed by atoms with E-state index < -0.39 is 0 Å². The van der Waals surface area contributed by atoms with Crippen molar-refractivity contribution in [1.82, 2.24) is 4.98 Å². The van der Waals surface area contributed by atoms with Crippen LogP contribution in [0.25, 0.3) is 0 Å². The summed E-state index contributed by atoms with van der Waals surface area (Å²) in [6.45, 7) is 2.80. The molecule has 2 rings (SSSR count). The molecule has 1 heterocycles. The van der Waals surface area contributed by atoms with Crippen LogP contribution >= 0.6 is 11.3 Å². The summed E-state index contributed by atoms with van der Waals surface area (Å²) in [7, 11) is 2.00. The lowest BCUT2D eigenvalue weighted by Crippen LogP contribution is -2.16. The van der Waals surface area contributed by atoms with Crippen molar-refractivity contribution in [3.8, 4) is 6.07 Å². The number of nitrogen functional groups attached to an aromatic ring is 1. The summed E-state index contributed by atoms with van der Waals surface area (Å²) in [5.41, 5.74) is 10.8. The molecule has 0 amide bonds. The zero-order valence-electron chi connectivity index (χ0n) is 10.3. The molecule has 0 aliphatic rings. The van der Waals surface area contributed by atoms with Crippen LogP contribution in [0.15, 0.2) is 23.7 Å². The van der Waals surface area contributed by atoms with Gasteiger partial charge in [-0.3, -0.25) is 0 Å². The van der Waals surface area contributed by atoms with Crippen molar-refractivity contribution in [1.29, 1.82) is 5.26 Å². The van der Waals surface area contributed by atoms with Crippen molar-refractivity contribution in [3.05, 3.63) is 39.8 Å². The number of hydrogen-bond donors (Lipinski definition) is 1. The first kappa shape index (κ1) is 12.4. The molecule has 0 fully saturated rings. The summed E-state index contributed by atoms with van der Waals surface area (Å²) in [6, 6.07) is 7.55. The number of benzene rings is 1. The van der Waals surface area contributed by atoms with Crippen molar-refractivity contribution >= 4 is 22.7 Å². The Labute approximate surface area is 110 Å². The fourth-order valence-electron chi connectivity index (χ4n) is 1.67. The predicted octanol–water partition coefficient (Wildman–Crippen LogP) is 2.54. The maximum atomic E-state index is 8.84. The molecule has 4 nitrogen and oxygen atoms in total. The minimum Gasteiger partial charge on any atom is -0.398 e. The average Bonchev–Trinajstić information content (AvgIpc) is 2.75. The number of hydrogen-bond acceptors (Lipinski definition) is 5. The highest BCUT2D eigenvalue weighted by Crippen LogP contribution is 2.23. The maximum absolute atomic E-state index is 8.84. The number of aryl methyl sites for hydroxylation is 1. The third kappa shape index (κ3) is 2.44. The summed E-state index contributed by atoms with van der Waals surface area (Å²) >= 11 is 1.65. The van der Waals surface area contributed by atoms with E-state index in [0.29, 0.717) is 11.3 Å². The first-order valence-electron chi connectivity index (χ1n) is 5.51. The topological polar surface area (TPSA) is 65.9 Å². The fraction of sp³-hybridized carbons (Fsp3) is 0.231. The Morgan fingerprint density at radius 3 is 2.83 bits per heavy atom. The van der Waals surface area contributed by atoms with E-state index in [9.17, 15) is 0 Å². The van der Waals surface area contributed by atoms with Crippen molar-refractivity contribution in [2.24, 2.45) is 0 Å². The molecule has 0 saturated heterocycles. The van der Waals surface area contributed by atoms with Gasteiger partial charge in [0.05, 0.1) is 29.0 Å². The van der Waals surface area contributed by atoms with Gasteiger partial charge in [0.25, 0.3) is 0 Å². The molecule has 0 saturated carbocycles. The molecule has 18 heavy (non-hydrogen) atoms. The lowest BCUT2D eigenvalue weighted by Gasteiger charge is -2.19. The number of aromatic nitrogens is 1. The molecule has 0 spiro atoms. The van der Waals surface area contributed by atoms with Gasteiger partial charge in [-0.05, 0) is 25.1 Å². The molecule has 0 unspecified atom stereocenters. The van der Waals surface area contributed by atoms with Crippen LogP contribution in [0.2, 0.25) is 0 Å². The number of rotatable bonds is 3. The molecule has 2 aromatic rings. The first-order chi connectivity index (χ1) is 8.61. The number of nitrogens with two attached hydrogens (primary N) is 1. The molecule has 1 aromatic carbocycles. The highest BCUT2D eigenvalue weighted by molar-refractivity contribution is 7.09. The van der Waals surface area contributed by atoms with Crippen molar-refractivity contribution in [3.63, 3.8) is 0 Å². The number of thiazole rings is 1. The van der Waals surface area contributed by atoms with Gasteiger partial charge in [0.15, 0.2) is 0 Å². The van der Waals surface area contributed by atoms with E-state index in [1.807, 2.05) is 31.6 Å². The van der Waals surface area contributed by atoms with Crippen LogP contribution in [0.3, 0.4) is 0 Å². The van der Waals surface area contributed by atoms with Gasteiger partial charge in [-0.15, -0.1) is 11.3 Å². The van der Waals surface area contributed by atoms with Gasteiger partial charge >= 0.3 is 0 Å². The Morgan fingerprint density at radius 2 is 2.28 bits per heavy atom. The molecular formula is C13H14N4S. The maximum Gasteiger partial charge on any atom is 0.101 e. The highest BCUT2D eigenvalue weighted by atomic mass is 32.1. The van der Waals surface area contributed by atoms with E-state index in [1.54, 1.807) is 17.4 Å². The minimum absolute atomic E-state index is 0.515. The Morgan fingerprint density at radius 1 is 1.50 bits per heavy atom. The second-order valence-corrected chi connectivity index (χ2v) is 5.04. The van der Waals surface area contributed by atoms with Crippen molar-refractivity contribution in [2.45, 2.75) is 13.5 Å². The number of anilines is 2. The van der Waals surface area contributed by atoms with Crippen LogP contribution < -0.4 is 10.6 Å². The van der Waals surface area contributed by atoms with E-state index in [0.717, 1.165) is 17.9 Å². The molecule has 92 valence electrons. The van der Waals surface area contributed by atoms with Crippen LogP contribution in [-0.2, 0) is 6.54 Å². The monoisotopic (exact) mass is 258 g/mol. The Bertz CT molecular complexity index is 597. The number of nitriles is 1. The van der Waals surface area contributed by atoms with Gasteiger partial charge in [0.1, 0.15) is 6.07 Å². The van der Waals surface area contributed by atoms with E-state index >= 15 is 0 Å². The molecule has 1 aromatic heterocycles. The van der Waals surface area contributed by atoms with Crippen LogP contribution in [-0.4, -0.2) is 12.0 Å². The lowest BCUT2D eigenvalue weighted by atomic mass is 10.1. The molecule has 0 bridgehead atoms. The predicted molar refractivity (Wildman–Crippen MR) is 74.5 cm³/mol. The molecular weight excluding hydrogens is 244 g/mol. The summed E-state index contributed by atoms with van der Waals surface area (Å²) in [4.78, 5) is 7.56. The van der Waals surface area contributed by atoms with Crippen LogP contribution in [0.5, 0.6) is 0 Å². The van der Waals surface area contributed by atoms with Crippen molar-refractivity contribution < 1.29 is 0 Å². The third-order valence-corrected chi connectivity index (χ3v) is 3.74. The molecule has 0 aliphatic heterocycles. The summed E-state index contributed by atoms with van der Waals surface area (Å²) < 4.78 is 0. The Hall–Kier alpha value is -2.06. The van der Waals surface area contributed by atoms with E-state index in [2.05, 4.69) is 16.0 Å². The summed E-state index contributed by atoms with van der Waals surface area (Å²) in [5.74, 6) is 0. The molecule has 2 N–H and O–H groups in total. The molecule has 0 radical (unpaired) electrons. The van der Waals surface area contributed by atoms with Gasteiger partial charge in [-0.25, -0.2) is 4.98 Å². The average molecular weight is 258 g/mol. The van der Waals surface area contributed by atoms with E-state index in [4.69, 9.17) is 11.0 Å². The van der Waals surface area contributed by atoms with E-state index in [1.165, 1.54) is 4.88 Å². The minimum atomic E-state index is 0.515. The summed E-state index contributed by atoms with van der Waals surface area (Å²) in [5, 5.41) is 8.84. The molecule has 5 heteroatoms. The Kier molecular flexibility index (Phi) is 3.49. The molecule has 0 aliphatic carbocycles. The quantitative estimate of drug-likeness (QED) is 0.859. The van der Waals surface area contributed by atoms with Gasteiger partial charge < -0.3 is 10.6 Å². The van der Waals surface area contributed by atoms with E-state index in [-0.39, 0.29) is 0 Å². The number of nitrogens with zero attached hydrogens (tertiary/aromatic N) is 3. The van der Waals surface area contributed by atoms with Crippen LogP contribution in [0.4, 0.5) is 11.4 Å². The Balaban J connectivity index is 2.19. The lowest BCUT2D eigenvalue weighted by molar-refractivity contribution is 0.926. The molecule has 0 atom stereocenters. The second kappa shape index (κ2) is 5.07. The van der Waals surface area contributed by atoms with Crippen LogP contribution in [0.1, 0.15) is 16.1 Å².